The molecule has 29 heavy (non-hydrogen) atoms. The molecule has 2 aliphatic carbocycles. The summed E-state index contributed by atoms with van der Waals surface area (Å²) in [6.07, 6.45) is 4.10. The maximum absolute atomic E-state index is 14.8. The van der Waals surface area contributed by atoms with Crippen LogP contribution in [0.2, 0.25) is 0 Å². The quantitative estimate of drug-likeness (QED) is 0.581. The molecule has 2 saturated carbocycles. The Hall–Kier alpha value is -1.91. The lowest BCUT2D eigenvalue weighted by molar-refractivity contribution is -0.153. The van der Waals surface area contributed by atoms with Gasteiger partial charge in [-0.3, -0.25) is 9.78 Å². The third-order valence-corrected chi connectivity index (χ3v) is 6.77. The summed E-state index contributed by atoms with van der Waals surface area (Å²) in [5.41, 5.74) is 1.40. The molecule has 2 nitrogen and oxygen atoms in total. The third-order valence-electron chi connectivity index (χ3n) is 6.77. The van der Waals surface area contributed by atoms with Crippen LogP contribution in [0.15, 0.2) is 30.5 Å². The minimum absolute atomic E-state index is 0.0942. The van der Waals surface area contributed by atoms with Gasteiger partial charge in [0, 0.05) is 23.9 Å². The molecule has 1 aromatic carbocycles. The number of benzene rings is 1. The minimum Gasteiger partial charge on any atom is -0.293 e. The predicted octanol–water partition coefficient (Wildman–Crippen LogP) is 6.53. The molecule has 4 atom stereocenters. The Bertz CT molecular complexity index is 919. The summed E-state index contributed by atoms with van der Waals surface area (Å²) in [4.78, 5) is 16.6. The number of aromatic nitrogens is 1. The number of hydrogen-bond acceptors (Lipinski definition) is 2. The Labute approximate surface area is 169 Å². The number of carbonyl (C=O) groups excluding carboxylic acids is 1. The van der Waals surface area contributed by atoms with Crippen LogP contribution in [0.25, 0.3) is 10.9 Å². The van der Waals surface area contributed by atoms with Crippen LogP contribution in [0.4, 0.5) is 13.2 Å². The van der Waals surface area contributed by atoms with E-state index in [-0.39, 0.29) is 30.0 Å². The summed E-state index contributed by atoms with van der Waals surface area (Å²) in [6, 6.07) is 6.55. The highest BCUT2D eigenvalue weighted by atomic mass is 19.3. The van der Waals surface area contributed by atoms with Crippen LogP contribution < -0.4 is 0 Å². The molecule has 0 saturated heterocycles. The molecule has 0 aliphatic heterocycles. The molecule has 5 heteroatoms. The zero-order valence-electron chi connectivity index (χ0n) is 17.2. The second-order valence-corrected chi connectivity index (χ2v) is 10.2. The van der Waals surface area contributed by atoms with Gasteiger partial charge in [-0.15, -0.1) is 0 Å². The molecule has 1 heterocycles. The van der Waals surface area contributed by atoms with E-state index in [1.54, 1.807) is 12.3 Å². The zero-order chi connectivity index (χ0) is 21.0. The van der Waals surface area contributed by atoms with Gasteiger partial charge in [0.2, 0.25) is 5.78 Å². The number of Topliss-reactive ketones (excluding diaryl/α,β-unsaturated/α-hetero) is 1. The lowest BCUT2D eigenvalue weighted by Gasteiger charge is -2.27. The van der Waals surface area contributed by atoms with Crippen LogP contribution in [-0.4, -0.2) is 16.7 Å². The molecule has 0 spiro atoms. The Kier molecular flexibility index (Phi) is 4.99. The lowest BCUT2D eigenvalue weighted by Crippen LogP contribution is -2.38. The van der Waals surface area contributed by atoms with Crippen LogP contribution in [-0.2, 0) is 4.79 Å². The van der Waals surface area contributed by atoms with Gasteiger partial charge in [0.15, 0.2) is 0 Å². The van der Waals surface area contributed by atoms with E-state index in [0.717, 1.165) is 29.3 Å². The highest BCUT2D eigenvalue weighted by Crippen LogP contribution is 2.56. The van der Waals surface area contributed by atoms with Crippen molar-refractivity contribution in [1.29, 1.82) is 0 Å². The molecular formula is C24H28F3NO. The summed E-state index contributed by atoms with van der Waals surface area (Å²) in [7, 11) is 0. The van der Waals surface area contributed by atoms with Crippen LogP contribution in [0.3, 0.4) is 0 Å². The molecule has 2 aliphatic rings. The average molecular weight is 403 g/mol. The summed E-state index contributed by atoms with van der Waals surface area (Å²) in [6.45, 7) is 5.45. The fourth-order valence-electron chi connectivity index (χ4n) is 5.49. The van der Waals surface area contributed by atoms with E-state index in [0.29, 0.717) is 12.8 Å². The fourth-order valence-corrected chi connectivity index (χ4v) is 5.49. The largest absolute Gasteiger partial charge is 0.308 e. The first-order chi connectivity index (χ1) is 13.5. The maximum Gasteiger partial charge on any atom is 0.308 e. The summed E-state index contributed by atoms with van der Waals surface area (Å²) < 4.78 is 43.4. The Morgan fingerprint density at radius 2 is 1.72 bits per heavy atom. The lowest BCUT2D eigenvalue weighted by atomic mass is 9.83. The number of rotatable bonds is 4. The standard InChI is InChI=1S/C24H28F3NO/c1-23(2,3)13-22(29)24(26,27)17-10-14-8-16(9-15(14)11-17)19-6-7-28-21-5-4-18(25)12-20(19)21/h4-7,12,14-17H,8-11,13H2,1-3H3/t14-,15+,16?,17?. The van der Waals surface area contributed by atoms with Gasteiger partial charge in [-0.1, -0.05) is 20.8 Å². The van der Waals surface area contributed by atoms with Gasteiger partial charge in [0.05, 0.1) is 5.52 Å². The molecule has 0 radical (unpaired) electrons. The van der Waals surface area contributed by atoms with Gasteiger partial charge in [0.25, 0.3) is 0 Å². The number of ketones is 1. The number of nitrogens with zero attached hydrogens (tertiary/aromatic N) is 1. The first kappa shape index (κ1) is 20.4. The molecule has 2 aromatic rings. The van der Waals surface area contributed by atoms with Crippen molar-refractivity contribution in [2.75, 3.05) is 0 Å². The number of hydrogen-bond donors (Lipinski definition) is 0. The molecule has 2 unspecified atom stereocenters. The average Bonchev–Trinajstić information content (AvgIpc) is 3.19. The Balaban J connectivity index is 1.48. The van der Waals surface area contributed by atoms with E-state index in [9.17, 15) is 18.0 Å². The second-order valence-electron chi connectivity index (χ2n) is 10.2. The second kappa shape index (κ2) is 7.10. The highest BCUT2D eigenvalue weighted by molar-refractivity contribution is 5.86. The van der Waals surface area contributed by atoms with Crippen molar-refractivity contribution in [2.45, 2.75) is 64.7 Å². The normalized spacial score (nSPS) is 27.4. The van der Waals surface area contributed by atoms with E-state index >= 15 is 0 Å². The van der Waals surface area contributed by atoms with Crippen LogP contribution in [0.1, 0.15) is 64.4 Å². The topological polar surface area (TPSA) is 30.0 Å². The maximum atomic E-state index is 14.8. The van der Waals surface area contributed by atoms with Crippen LogP contribution in [0.5, 0.6) is 0 Å². The van der Waals surface area contributed by atoms with Crippen molar-refractivity contribution in [2.24, 2.45) is 23.2 Å². The number of pyridine rings is 1. The number of carbonyl (C=O) groups is 1. The first-order valence-corrected chi connectivity index (χ1v) is 10.5. The van der Waals surface area contributed by atoms with Crippen molar-refractivity contribution in [3.05, 3.63) is 41.8 Å². The molecule has 0 amide bonds. The van der Waals surface area contributed by atoms with Gasteiger partial charge in [0.1, 0.15) is 5.82 Å². The van der Waals surface area contributed by atoms with Crippen molar-refractivity contribution >= 4 is 16.7 Å². The molecule has 0 N–H and O–H groups in total. The summed E-state index contributed by atoms with van der Waals surface area (Å²) >= 11 is 0. The monoisotopic (exact) mass is 403 g/mol. The van der Waals surface area contributed by atoms with E-state index in [1.165, 1.54) is 12.1 Å². The number of fused-ring (bicyclic) bond motifs is 2. The predicted molar refractivity (Wildman–Crippen MR) is 107 cm³/mol. The number of alkyl halides is 2. The van der Waals surface area contributed by atoms with Crippen LogP contribution in [0, 0.1) is 29.0 Å². The van der Waals surface area contributed by atoms with E-state index in [4.69, 9.17) is 0 Å². The van der Waals surface area contributed by atoms with Crippen molar-refractivity contribution < 1.29 is 18.0 Å². The Morgan fingerprint density at radius 3 is 2.34 bits per heavy atom. The molecule has 1 aromatic heterocycles. The van der Waals surface area contributed by atoms with Crippen molar-refractivity contribution in [3.8, 4) is 0 Å². The van der Waals surface area contributed by atoms with Gasteiger partial charge in [-0.05, 0) is 78.7 Å². The molecule has 4 rings (SSSR count). The van der Waals surface area contributed by atoms with E-state index in [2.05, 4.69) is 4.98 Å². The highest BCUT2D eigenvalue weighted by Gasteiger charge is 2.54. The van der Waals surface area contributed by atoms with Gasteiger partial charge < -0.3 is 0 Å². The SMILES string of the molecule is CC(C)(C)CC(=O)C(F)(F)C1C[C@H]2CC(c3ccnc4ccc(F)cc34)C[C@H]2C1. The minimum atomic E-state index is -3.24. The van der Waals surface area contributed by atoms with Crippen LogP contribution >= 0.6 is 0 Å². The molecular weight excluding hydrogens is 375 g/mol. The number of halogens is 3. The summed E-state index contributed by atoms with van der Waals surface area (Å²) in [5, 5.41) is 0.819. The van der Waals surface area contributed by atoms with Gasteiger partial charge in [-0.2, -0.15) is 8.78 Å². The van der Waals surface area contributed by atoms with Gasteiger partial charge >= 0.3 is 5.92 Å². The van der Waals surface area contributed by atoms with Crippen molar-refractivity contribution in [1.82, 2.24) is 4.98 Å². The first-order valence-electron chi connectivity index (χ1n) is 10.5. The molecule has 2 fully saturated rings. The van der Waals surface area contributed by atoms with Crippen molar-refractivity contribution in [3.63, 3.8) is 0 Å². The fraction of sp³-hybridized carbons (Fsp3) is 0.583. The summed E-state index contributed by atoms with van der Waals surface area (Å²) in [5.74, 6) is -4.65. The third kappa shape index (κ3) is 3.93. The molecule has 0 bridgehead atoms. The molecule has 156 valence electrons. The Morgan fingerprint density at radius 1 is 1.07 bits per heavy atom. The van der Waals surface area contributed by atoms with E-state index in [1.807, 2.05) is 26.8 Å². The van der Waals surface area contributed by atoms with Gasteiger partial charge in [-0.25, -0.2) is 4.39 Å². The zero-order valence-corrected chi connectivity index (χ0v) is 17.2. The smallest absolute Gasteiger partial charge is 0.293 e. The van der Waals surface area contributed by atoms with E-state index < -0.39 is 23.0 Å².